The monoisotopic (exact) mass is 430 g/mol. The molecule has 1 aliphatic rings. The molecule has 0 N–H and O–H groups in total. The van der Waals surface area contributed by atoms with Crippen LogP contribution in [0.15, 0.2) is 54.9 Å². The van der Waals surface area contributed by atoms with Crippen LogP contribution in [0.25, 0.3) is 5.69 Å². The molecule has 150 valence electrons. The molecule has 0 amide bonds. The average Bonchev–Trinajstić information content (AvgIpc) is 3.09. The number of nitrogens with zero attached hydrogens (tertiary/aromatic N) is 6. The molecule has 0 atom stereocenters. The minimum atomic E-state index is -0.386. The number of benzene rings is 2. The molecule has 2 heterocycles. The van der Waals surface area contributed by atoms with Gasteiger partial charge < -0.3 is 4.90 Å². The summed E-state index contributed by atoms with van der Waals surface area (Å²) < 4.78 is 4.30. The number of rotatable bonds is 5. The molecule has 1 fully saturated rings. The Morgan fingerprint density at radius 2 is 1.83 bits per heavy atom. The van der Waals surface area contributed by atoms with E-state index < -0.39 is 0 Å². The van der Waals surface area contributed by atoms with Gasteiger partial charge in [-0.25, -0.2) is 4.68 Å². The fourth-order valence-electron chi connectivity index (χ4n) is 3.43. The van der Waals surface area contributed by atoms with Crippen molar-refractivity contribution in [3.63, 3.8) is 0 Å². The lowest BCUT2D eigenvalue weighted by atomic mass is 10.2. The second-order valence-electron chi connectivity index (χ2n) is 6.76. The molecule has 1 aromatic heterocycles. The maximum atomic E-state index is 11.4. The van der Waals surface area contributed by atoms with Crippen LogP contribution in [0.2, 0.25) is 5.02 Å². The van der Waals surface area contributed by atoms with E-state index >= 15 is 0 Å². The maximum Gasteiger partial charge on any atom is 0.294 e. The van der Waals surface area contributed by atoms with E-state index in [1.165, 1.54) is 6.07 Å². The lowest BCUT2D eigenvalue weighted by Crippen LogP contribution is -2.47. The van der Waals surface area contributed by atoms with Crippen LogP contribution in [0.1, 0.15) is 0 Å². The van der Waals surface area contributed by atoms with Crippen molar-refractivity contribution in [2.45, 2.75) is 6.67 Å². The minimum absolute atomic E-state index is 0.0368. The topological polar surface area (TPSA) is 72.4 Å². The quantitative estimate of drug-likeness (QED) is 0.349. The summed E-state index contributed by atoms with van der Waals surface area (Å²) in [7, 11) is 0. The Labute approximate surface area is 177 Å². The largest absolute Gasteiger partial charge is 0.363 e. The van der Waals surface area contributed by atoms with Crippen molar-refractivity contribution in [1.82, 2.24) is 19.2 Å². The number of aromatic nitrogens is 3. The van der Waals surface area contributed by atoms with Crippen LogP contribution < -0.4 is 4.90 Å². The van der Waals surface area contributed by atoms with E-state index in [2.05, 4.69) is 10.00 Å². The highest BCUT2D eigenvalue weighted by molar-refractivity contribution is 7.71. The summed E-state index contributed by atoms with van der Waals surface area (Å²) in [4.78, 5) is 15.2. The van der Waals surface area contributed by atoms with E-state index in [-0.39, 0.29) is 10.6 Å². The third kappa shape index (κ3) is 4.16. The zero-order valence-corrected chi connectivity index (χ0v) is 17.1. The molecule has 0 saturated carbocycles. The lowest BCUT2D eigenvalue weighted by molar-refractivity contribution is -0.384. The highest BCUT2D eigenvalue weighted by Gasteiger charge is 2.24. The molecular formula is C19H19ClN6O2S. The summed E-state index contributed by atoms with van der Waals surface area (Å²) in [5, 5.41) is 16.2. The Morgan fingerprint density at radius 1 is 1.10 bits per heavy atom. The summed E-state index contributed by atoms with van der Waals surface area (Å²) in [6.45, 7) is 3.43. The van der Waals surface area contributed by atoms with Crippen LogP contribution in [-0.2, 0) is 6.67 Å². The zero-order chi connectivity index (χ0) is 20.4. The van der Waals surface area contributed by atoms with Crippen LogP contribution in [-0.4, -0.2) is 50.3 Å². The van der Waals surface area contributed by atoms with E-state index in [1.54, 1.807) is 23.1 Å². The molecule has 0 unspecified atom stereocenters. The van der Waals surface area contributed by atoms with Crippen LogP contribution in [0, 0.1) is 14.9 Å². The van der Waals surface area contributed by atoms with E-state index in [0.29, 0.717) is 35.2 Å². The second-order valence-corrected chi connectivity index (χ2v) is 7.56. The molecule has 3 aromatic rings. The van der Waals surface area contributed by atoms with Gasteiger partial charge in [-0.2, -0.15) is 5.10 Å². The van der Waals surface area contributed by atoms with Crippen molar-refractivity contribution < 1.29 is 4.92 Å². The molecule has 29 heavy (non-hydrogen) atoms. The molecule has 10 heteroatoms. The fourth-order valence-corrected chi connectivity index (χ4v) is 3.85. The molecule has 1 saturated heterocycles. The Balaban J connectivity index is 1.43. The smallest absolute Gasteiger partial charge is 0.294 e. The highest BCUT2D eigenvalue weighted by atomic mass is 35.5. The minimum Gasteiger partial charge on any atom is -0.363 e. The number of nitro benzene ring substituents is 1. The standard InChI is InChI=1S/C19H19ClN6O2S/c20-15-6-7-17(18(12-15)26(27)28)23-10-8-22(9-11-23)14-25-19(29)24(13-21-25)16-4-2-1-3-5-16/h1-7,12-13H,8-11,14H2. The second kappa shape index (κ2) is 8.32. The van der Waals surface area contributed by atoms with Gasteiger partial charge in [-0.15, -0.1) is 0 Å². The van der Waals surface area contributed by atoms with E-state index in [0.717, 1.165) is 18.8 Å². The number of anilines is 1. The van der Waals surface area contributed by atoms with Gasteiger partial charge in [0.1, 0.15) is 12.0 Å². The molecular weight excluding hydrogens is 412 g/mol. The van der Waals surface area contributed by atoms with Crippen LogP contribution in [0.5, 0.6) is 0 Å². The first-order valence-electron chi connectivity index (χ1n) is 9.14. The molecule has 0 spiro atoms. The average molecular weight is 431 g/mol. The van der Waals surface area contributed by atoms with Gasteiger partial charge in [0, 0.05) is 43.0 Å². The lowest BCUT2D eigenvalue weighted by Gasteiger charge is -2.35. The third-order valence-electron chi connectivity index (χ3n) is 4.95. The first kappa shape index (κ1) is 19.6. The first-order chi connectivity index (χ1) is 14.0. The predicted molar refractivity (Wildman–Crippen MR) is 114 cm³/mol. The van der Waals surface area contributed by atoms with E-state index in [9.17, 15) is 10.1 Å². The molecule has 4 rings (SSSR count). The normalized spacial score (nSPS) is 14.9. The van der Waals surface area contributed by atoms with E-state index in [4.69, 9.17) is 23.8 Å². The van der Waals surface area contributed by atoms with Crippen molar-refractivity contribution in [3.8, 4) is 5.69 Å². The molecule has 8 nitrogen and oxygen atoms in total. The van der Waals surface area contributed by atoms with E-state index in [1.807, 2.05) is 39.8 Å². The number of hydrogen-bond donors (Lipinski definition) is 0. The number of para-hydroxylation sites is 1. The number of halogens is 1. The predicted octanol–water partition coefficient (Wildman–Crippen LogP) is 3.74. The van der Waals surface area contributed by atoms with Gasteiger partial charge in [0.2, 0.25) is 4.77 Å². The SMILES string of the molecule is O=[N+]([O-])c1cc(Cl)ccc1N1CCN(Cn2ncn(-c3ccccc3)c2=S)CC1. The van der Waals surface area contributed by atoms with Crippen molar-refractivity contribution in [2.75, 3.05) is 31.1 Å². The summed E-state index contributed by atoms with van der Waals surface area (Å²) in [5.74, 6) is 0. The van der Waals surface area contributed by atoms with Crippen molar-refractivity contribution in [1.29, 1.82) is 0 Å². The Hall–Kier alpha value is -2.75. The number of piperazine rings is 1. The Morgan fingerprint density at radius 3 is 2.52 bits per heavy atom. The van der Waals surface area contributed by atoms with Crippen molar-refractivity contribution in [3.05, 3.63) is 74.8 Å². The van der Waals surface area contributed by atoms with Gasteiger partial charge in [0.25, 0.3) is 5.69 Å². The van der Waals surface area contributed by atoms with Crippen LogP contribution in [0.4, 0.5) is 11.4 Å². The molecule has 2 aromatic carbocycles. The third-order valence-corrected chi connectivity index (χ3v) is 5.59. The van der Waals surface area contributed by atoms with Crippen molar-refractivity contribution in [2.24, 2.45) is 0 Å². The highest BCUT2D eigenvalue weighted by Crippen LogP contribution is 2.31. The Bertz CT molecular complexity index is 1080. The summed E-state index contributed by atoms with van der Waals surface area (Å²) in [5.41, 5.74) is 1.61. The molecule has 1 aliphatic heterocycles. The summed E-state index contributed by atoms with van der Waals surface area (Å²) in [6.07, 6.45) is 1.73. The zero-order valence-electron chi connectivity index (χ0n) is 15.5. The summed E-state index contributed by atoms with van der Waals surface area (Å²) >= 11 is 11.5. The van der Waals surface area contributed by atoms with Gasteiger partial charge in [-0.05, 0) is 36.5 Å². The fraction of sp³-hybridized carbons (Fsp3) is 0.263. The van der Waals surface area contributed by atoms with Crippen molar-refractivity contribution >= 4 is 35.2 Å². The number of nitro groups is 1. The van der Waals surface area contributed by atoms with Gasteiger partial charge in [-0.1, -0.05) is 29.8 Å². The van der Waals surface area contributed by atoms with Gasteiger partial charge >= 0.3 is 0 Å². The van der Waals surface area contributed by atoms with Gasteiger partial charge in [0.05, 0.1) is 11.6 Å². The molecule has 0 radical (unpaired) electrons. The first-order valence-corrected chi connectivity index (χ1v) is 9.92. The van der Waals surface area contributed by atoms with Crippen LogP contribution >= 0.6 is 23.8 Å². The van der Waals surface area contributed by atoms with Gasteiger partial charge in [0.15, 0.2) is 0 Å². The molecule has 0 aliphatic carbocycles. The van der Waals surface area contributed by atoms with Gasteiger partial charge in [-0.3, -0.25) is 19.6 Å². The Kier molecular flexibility index (Phi) is 5.61. The maximum absolute atomic E-state index is 11.4. The van der Waals surface area contributed by atoms with Crippen LogP contribution in [0.3, 0.4) is 0 Å². The number of hydrogen-bond acceptors (Lipinski definition) is 6. The summed E-state index contributed by atoms with van der Waals surface area (Å²) in [6, 6.07) is 14.7. The molecule has 0 bridgehead atoms.